The fraction of sp³-hybridized carbons (Fsp3) is 0.278. The Bertz CT molecular complexity index is 781. The summed E-state index contributed by atoms with van der Waals surface area (Å²) >= 11 is 11.9. The second-order valence-corrected chi connectivity index (χ2v) is 6.46. The molecule has 0 bridgehead atoms. The lowest BCUT2D eigenvalue weighted by Gasteiger charge is -2.21. The van der Waals surface area contributed by atoms with E-state index in [1.54, 1.807) is 23.1 Å². The lowest BCUT2D eigenvalue weighted by atomic mass is 10.1. The van der Waals surface area contributed by atoms with Crippen molar-refractivity contribution in [2.24, 2.45) is 0 Å². The molecular weight excluding hydrogens is 388 g/mol. The number of nitrogens with one attached hydrogen (secondary N) is 1. The van der Waals surface area contributed by atoms with Crippen molar-refractivity contribution in [3.63, 3.8) is 0 Å². The molecule has 0 heterocycles. The van der Waals surface area contributed by atoms with Crippen LogP contribution in [0.2, 0.25) is 10.0 Å². The van der Waals surface area contributed by atoms with Gasteiger partial charge in [-0.1, -0.05) is 48.3 Å². The summed E-state index contributed by atoms with van der Waals surface area (Å²) in [5, 5.41) is 3.18. The molecule has 0 saturated carbocycles. The minimum Gasteiger partial charge on any atom is -0.324 e. The van der Waals surface area contributed by atoms with E-state index in [0.29, 0.717) is 23.1 Å². The van der Waals surface area contributed by atoms with Crippen molar-refractivity contribution in [2.75, 3.05) is 18.4 Å². The van der Waals surface area contributed by atoms with E-state index in [9.17, 15) is 18.0 Å². The van der Waals surface area contributed by atoms with Crippen molar-refractivity contribution in [1.29, 1.82) is 0 Å². The third-order valence-corrected chi connectivity index (χ3v) is 4.45. The van der Waals surface area contributed by atoms with Gasteiger partial charge in [-0.05, 0) is 36.4 Å². The standard InChI is InChI=1S/C18H17Cl2F3N2O/c1-2-25(10-12-7-8-14(19)15(20)9-12)11-17(26)24-16-6-4-3-5-13(16)18(21,22)23/h3-9H,2,10-11H2,1H3,(H,24,26). The molecule has 3 nitrogen and oxygen atoms in total. The zero-order valence-corrected chi connectivity index (χ0v) is 15.4. The molecule has 1 N–H and O–H groups in total. The topological polar surface area (TPSA) is 32.3 Å². The van der Waals surface area contributed by atoms with Crippen molar-refractivity contribution in [2.45, 2.75) is 19.6 Å². The molecule has 140 valence electrons. The molecule has 0 aromatic heterocycles. The van der Waals surface area contributed by atoms with Crippen molar-refractivity contribution >= 4 is 34.8 Å². The van der Waals surface area contributed by atoms with Crippen LogP contribution in [0.25, 0.3) is 0 Å². The third kappa shape index (κ3) is 5.62. The van der Waals surface area contributed by atoms with Gasteiger partial charge in [0.2, 0.25) is 5.91 Å². The Hall–Kier alpha value is -1.76. The number of para-hydroxylation sites is 1. The number of rotatable bonds is 6. The molecule has 0 saturated heterocycles. The number of benzene rings is 2. The highest BCUT2D eigenvalue weighted by atomic mass is 35.5. The minimum absolute atomic E-state index is 0.0526. The van der Waals surface area contributed by atoms with Crippen LogP contribution in [0.15, 0.2) is 42.5 Å². The molecule has 0 fully saturated rings. The fourth-order valence-electron chi connectivity index (χ4n) is 2.41. The maximum Gasteiger partial charge on any atom is 0.418 e. The van der Waals surface area contributed by atoms with Crippen molar-refractivity contribution < 1.29 is 18.0 Å². The first-order valence-corrected chi connectivity index (χ1v) is 8.58. The van der Waals surface area contributed by atoms with Gasteiger partial charge in [0.1, 0.15) is 0 Å². The Balaban J connectivity index is 2.05. The van der Waals surface area contributed by atoms with Gasteiger partial charge in [-0.2, -0.15) is 13.2 Å². The molecule has 0 aliphatic rings. The number of nitrogens with zero attached hydrogens (tertiary/aromatic N) is 1. The van der Waals surface area contributed by atoms with Crippen LogP contribution < -0.4 is 5.32 Å². The van der Waals surface area contributed by atoms with E-state index in [2.05, 4.69) is 5.32 Å². The Morgan fingerprint density at radius 2 is 1.81 bits per heavy atom. The Kier molecular flexibility index (Phi) is 6.92. The summed E-state index contributed by atoms with van der Waals surface area (Å²) in [5.41, 5.74) is -0.277. The quantitative estimate of drug-likeness (QED) is 0.691. The van der Waals surface area contributed by atoms with Gasteiger partial charge in [0.15, 0.2) is 0 Å². The molecule has 26 heavy (non-hydrogen) atoms. The van der Waals surface area contributed by atoms with E-state index in [1.807, 2.05) is 6.92 Å². The normalized spacial score (nSPS) is 11.7. The number of hydrogen-bond donors (Lipinski definition) is 1. The maximum atomic E-state index is 13.0. The van der Waals surface area contributed by atoms with E-state index in [-0.39, 0.29) is 12.2 Å². The Morgan fingerprint density at radius 3 is 2.42 bits per heavy atom. The predicted molar refractivity (Wildman–Crippen MR) is 97.5 cm³/mol. The third-order valence-electron chi connectivity index (χ3n) is 3.71. The lowest BCUT2D eigenvalue weighted by Crippen LogP contribution is -2.33. The molecule has 0 aliphatic heterocycles. The largest absolute Gasteiger partial charge is 0.418 e. The van der Waals surface area contributed by atoms with Gasteiger partial charge in [-0.3, -0.25) is 9.69 Å². The zero-order chi connectivity index (χ0) is 19.3. The molecule has 0 aliphatic carbocycles. The summed E-state index contributed by atoms with van der Waals surface area (Å²) in [6.45, 7) is 2.76. The van der Waals surface area contributed by atoms with E-state index in [4.69, 9.17) is 23.2 Å². The summed E-state index contributed by atoms with van der Waals surface area (Å²) in [5.74, 6) is -0.524. The number of carbonyl (C=O) groups excluding carboxylic acids is 1. The Labute approximate surface area is 159 Å². The number of alkyl halides is 3. The molecule has 0 radical (unpaired) electrons. The van der Waals surface area contributed by atoms with Crippen LogP contribution in [0.4, 0.5) is 18.9 Å². The highest BCUT2D eigenvalue weighted by Crippen LogP contribution is 2.34. The minimum atomic E-state index is -4.53. The van der Waals surface area contributed by atoms with Gasteiger partial charge < -0.3 is 5.32 Å². The van der Waals surface area contributed by atoms with Crippen molar-refractivity contribution in [3.8, 4) is 0 Å². The molecule has 2 rings (SSSR count). The van der Waals surface area contributed by atoms with Crippen LogP contribution in [0.1, 0.15) is 18.1 Å². The first-order valence-electron chi connectivity index (χ1n) is 7.83. The summed E-state index contributed by atoms with van der Waals surface area (Å²) in [4.78, 5) is 14.0. The SMILES string of the molecule is CCN(CC(=O)Nc1ccccc1C(F)(F)F)Cc1ccc(Cl)c(Cl)c1. The molecule has 0 spiro atoms. The monoisotopic (exact) mass is 404 g/mol. The molecule has 2 aromatic rings. The van der Waals surface area contributed by atoms with Gasteiger partial charge in [0.25, 0.3) is 0 Å². The van der Waals surface area contributed by atoms with Gasteiger partial charge in [0, 0.05) is 6.54 Å². The second-order valence-electron chi connectivity index (χ2n) is 5.64. The van der Waals surface area contributed by atoms with Gasteiger partial charge in [-0.25, -0.2) is 0 Å². The van der Waals surface area contributed by atoms with Crippen LogP contribution in [0, 0.1) is 0 Å². The number of carbonyl (C=O) groups is 1. The molecule has 0 atom stereocenters. The van der Waals surface area contributed by atoms with Gasteiger partial charge in [0.05, 0.1) is 27.8 Å². The number of likely N-dealkylation sites (N-methyl/N-ethyl adjacent to an activating group) is 1. The highest BCUT2D eigenvalue weighted by molar-refractivity contribution is 6.42. The number of hydrogen-bond acceptors (Lipinski definition) is 2. The smallest absolute Gasteiger partial charge is 0.324 e. The number of anilines is 1. The van der Waals surface area contributed by atoms with Crippen LogP contribution in [0.3, 0.4) is 0 Å². The van der Waals surface area contributed by atoms with E-state index < -0.39 is 17.6 Å². The molecule has 8 heteroatoms. The second kappa shape index (κ2) is 8.75. The van der Waals surface area contributed by atoms with Crippen LogP contribution >= 0.6 is 23.2 Å². The molecular formula is C18H17Cl2F3N2O. The highest BCUT2D eigenvalue weighted by Gasteiger charge is 2.33. The molecule has 0 unspecified atom stereocenters. The first-order chi connectivity index (χ1) is 12.2. The van der Waals surface area contributed by atoms with E-state index >= 15 is 0 Å². The van der Waals surface area contributed by atoms with Crippen LogP contribution in [0.5, 0.6) is 0 Å². The fourth-order valence-corrected chi connectivity index (χ4v) is 2.73. The summed E-state index contributed by atoms with van der Waals surface area (Å²) in [6.07, 6.45) is -4.53. The summed E-state index contributed by atoms with van der Waals surface area (Å²) in [7, 11) is 0. The lowest BCUT2D eigenvalue weighted by molar-refractivity contribution is -0.137. The number of halogens is 5. The van der Waals surface area contributed by atoms with Crippen molar-refractivity contribution in [1.82, 2.24) is 4.90 Å². The predicted octanol–water partition coefficient (Wildman–Crippen LogP) is 5.47. The zero-order valence-electron chi connectivity index (χ0n) is 13.9. The number of amides is 1. The summed E-state index contributed by atoms with van der Waals surface area (Å²) < 4.78 is 39.0. The Morgan fingerprint density at radius 1 is 1.12 bits per heavy atom. The van der Waals surface area contributed by atoms with Crippen molar-refractivity contribution in [3.05, 3.63) is 63.6 Å². The molecule has 1 amide bonds. The van der Waals surface area contributed by atoms with Gasteiger partial charge >= 0.3 is 6.18 Å². The average Bonchev–Trinajstić information content (AvgIpc) is 2.57. The maximum absolute atomic E-state index is 13.0. The van der Waals surface area contributed by atoms with E-state index in [1.165, 1.54) is 18.2 Å². The first kappa shape index (κ1) is 20.6. The molecule has 2 aromatic carbocycles. The average molecular weight is 405 g/mol. The van der Waals surface area contributed by atoms with Crippen LogP contribution in [-0.4, -0.2) is 23.9 Å². The summed E-state index contributed by atoms with van der Waals surface area (Å²) in [6, 6.07) is 10.0. The van der Waals surface area contributed by atoms with Crippen LogP contribution in [-0.2, 0) is 17.5 Å². The van der Waals surface area contributed by atoms with E-state index in [0.717, 1.165) is 11.6 Å². The van der Waals surface area contributed by atoms with Gasteiger partial charge in [-0.15, -0.1) is 0 Å².